The van der Waals surface area contributed by atoms with Gasteiger partial charge in [-0.1, -0.05) is 0 Å². The molecular weight excluding hydrogens is 336 g/mol. The SMILES string of the molecule is CC(C)(C)OC(=O)N1CCC[C@@H](n2c(N)nc3cc(C(=O)O)ccc32)C1. The first-order valence-corrected chi connectivity index (χ1v) is 8.64. The van der Waals surface area contributed by atoms with E-state index in [1.165, 1.54) is 12.1 Å². The molecule has 0 radical (unpaired) electrons. The number of nitrogens with zero attached hydrogens (tertiary/aromatic N) is 3. The molecule has 0 aliphatic carbocycles. The minimum atomic E-state index is -1.01. The summed E-state index contributed by atoms with van der Waals surface area (Å²) in [5, 5.41) is 9.13. The van der Waals surface area contributed by atoms with Gasteiger partial charge in [0, 0.05) is 13.1 Å². The van der Waals surface area contributed by atoms with Crippen molar-refractivity contribution in [2.75, 3.05) is 18.8 Å². The number of hydrogen-bond acceptors (Lipinski definition) is 5. The average molecular weight is 360 g/mol. The number of rotatable bonds is 2. The summed E-state index contributed by atoms with van der Waals surface area (Å²) in [6.45, 7) is 6.64. The number of aromatic carboxylic acids is 1. The molecule has 2 aromatic rings. The molecule has 0 saturated carbocycles. The average Bonchev–Trinajstić information content (AvgIpc) is 2.88. The minimum absolute atomic E-state index is 0.0306. The van der Waals surface area contributed by atoms with Crippen molar-refractivity contribution < 1.29 is 19.4 Å². The fourth-order valence-electron chi connectivity index (χ4n) is 3.29. The van der Waals surface area contributed by atoms with E-state index in [0.29, 0.717) is 24.6 Å². The second-order valence-electron chi connectivity index (χ2n) is 7.57. The maximum atomic E-state index is 12.4. The van der Waals surface area contributed by atoms with Crippen LogP contribution >= 0.6 is 0 Å². The van der Waals surface area contributed by atoms with Crippen LogP contribution in [0.1, 0.15) is 50.0 Å². The Morgan fingerprint density at radius 2 is 2.08 bits per heavy atom. The van der Waals surface area contributed by atoms with Crippen molar-refractivity contribution in [2.24, 2.45) is 0 Å². The third kappa shape index (κ3) is 3.58. The van der Waals surface area contributed by atoms with Gasteiger partial charge in [-0.05, 0) is 51.8 Å². The number of likely N-dealkylation sites (tertiary alicyclic amines) is 1. The van der Waals surface area contributed by atoms with Crippen LogP contribution in [0.15, 0.2) is 18.2 Å². The largest absolute Gasteiger partial charge is 0.478 e. The van der Waals surface area contributed by atoms with E-state index in [-0.39, 0.29) is 17.7 Å². The molecule has 1 fully saturated rings. The number of hydrogen-bond donors (Lipinski definition) is 2. The molecule has 26 heavy (non-hydrogen) atoms. The summed E-state index contributed by atoms with van der Waals surface area (Å²) in [6, 6.07) is 4.74. The number of carbonyl (C=O) groups excluding carboxylic acids is 1. The lowest BCUT2D eigenvalue weighted by atomic mass is 10.1. The Morgan fingerprint density at radius 3 is 2.73 bits per heavy atom. The summed E-state index contributed by atoms with van der Waals surface area (Å²) in [4.78, 5) is 29.5. The minimum Gasteiger partial charge on any atom is -0.478 e. The zero-order valence-electron chi connectivity index (χ0n) is 15.2. The lowest BCUT2D eigenvalue weighted by Crippen LogP contribution is -2.43. The Hall–Kier alpha value is -2.77. The molecule has 2 heterocycles. The molecule has 8 nitrogen and oxygen atoms in total. The highest BCUT2D eigenvalue weighted by Gasteiger charge is 2.30. The van der Waals surface area contributed by atoms with Gasteiger partial charge in [0.05, 0.1) is 22.6 Å². The molecule has 0 unspecified atom stereocenters. The summed E-state index contributed by atoms with van der Waals surface area (Å²) in [6.07, 6.45) is 1.35. The Kier molecular flexibility index (Phi) is 4.52. The van der Waals surface area contributed by atoms with Crippen molar-refractivity contribution in [3.05, 3.63) is 23.8 Å². The van der Waals surface area contributed by atoms with E-state index in [1.54, 1.807) is 11.0 Å². The first-order valence-electron chi connectivity index (χ1n) is 8.64. The van der Waals surface area contributed by atoms with Crippen molar-refractivity contribution in [2.45, 2.75) is 45.3 Å². The molecule has 3 N–H and O–H groups in total. The fraction of sp³-hybridized carbons (Fsp3) is 0.500. The van der Waals surface area contributed by atoms with Gasteiger partial charge in [-0.3, -0.25) is 0 Å². The monoisotopic (exact) mass is 360 g/mol. The molecule has 1 saturated heterocycles. The zero-order chi connectivity index (χ0) is 19.1. The number of aromatic nitrogens is 2. The predicted octanol–water partition coefficient (Wildman–Crippen LogP) is 2.89. The first-order chi connectivity index (χ1) is 12.2. The van der Waals surface area contributed by atoms with Gasteiger partial charge < -0.3 is 25.0 Å². The number of carbonyl (C=O) groups is 2. The summed E-state index contributed by atoms with van der Waals surface area (Å²) >= 11 is 0. The number of benzene rings is 1. The topological polar surface area (TPSA) is 111 Å². The number of carboxylic acid groups (broad SMARTS) is 1. The number of ether oxygens (including phenoxy) is 1. The van der Waals surface area contributed by atoms with Gasteiger partial charge in [0.1, 0.15) is 5.60 Å². The first kappa shape index (κ1) is 18.0. The van der Waals surface area contributed by atoms with Gasteiger partial charge in [-0.15, -0.1) is 0 Å². The van der Waals surface area contributed by atoms with Gasteiger partial charge in [0.2, 0.25) is 5.95 Å². The maximum absolute atomic E-state index is 12.4. The smallest absolute Gasteiger partial charge is 0.410 e. The highest BCUT2D eigenvalue weighted by molar-refractivity contribution is 5.93. The van der Waals surface area contributed by atoms with E-state index in [9.17, 15) is 9.59 Å². The second kappa shape index (κ2) is 6.51. The number of nitrogen functional groups attached to an aromatic ring is 1. The van der Waals surface area contributed by atoms with Gasteiger partial charge in [0.25, 0.3) is 0 Å². The Labute approximate surface area is 151 Å². The van der Waals surface area contributed by atoms with Crippen LogP contribution in [0, 0.1) is 0 Å². The lowest BCUT2D eigenvalue weighted by molar-refractivity contribution is 0.0175. The number of carboxylic acids is 1. The quantitative estimate of drug-likeness (QED) is 0.852. The summed E-state index contributed by atoms with van der Waals surface area (Å²) < 4.78 is 7.35. The van der Waals surface area contributed by atoms with Gasteiger partial charge >= 0.3 is 12.1 Å². The second-order valence-corrected chi connectivity index (χ2v) is 7.57. The van der Waals surface area contributed by atoms with Crippen LogP contribution in [0.3, 0.4) is 0 Å². The van der Waals surface area contributed by atoms with Crippen LogP contribution in [0.4, 0.5) is 10.7 Å². The molecule has 0 spiro atoms. The third-order valence-corrected chi connectivity index (χ3v) is 4.38. The van der Waals surface area contributed by atoms with Crippen molar-refractivity contribution >= 4 is 29.0 Å². The van der Waals surface area contributed by atoms with E-state index in [4.69, 9.17) is 15.6 Å². The van der Waals surface area contributed by atoms with E-state index in [1.807, 2.05) is 25.3 Å². The van der Waals surface area contributed by atoms with Crippen LogP contribution in [0.2, 0.25) is 0 Å². The number of anilines is 1. The molecule has 1 atom stereocenters. The Morgan fingerprint density at radius 1 is 1.35 bits per heavy atom. The third-order valence-electron chi connectivity index (χ3n) is 4.38. The number of piperidine rings is 1. The van der Waals surface area contributed by atoms with Crippen molar-refractivity contribution in [3.63, 3.8) is 0 Å². The van der Waals surface area contributed by atoms with Crippen LogP contribution in [-0.4, -0.2) is 50.3 Å². The number of imidazole rings is 1. The van der Waals surface area contributed by atoms with Crippen LogP contribution < -0.4 is 5.73 Å². The zero-order valence-corrected chi connectivity index (χ0v) is 15.2. The van der Waals surface area contributed by atoms with Crippen LogP contribution in [0.5, 0.6) is 0 Å². The highest BCUT2D eigenvalue weighted by Crippen LogP contribution is 2.30. The number of amides is 1. The molecule has 1 aromatic heterocycles. The molecule has 1 aliphatic heterocycles. The number of nitrogens with two attached hydrogens (primary N) is 1. The van der Waals surface area contributed by atoms with E-state index >= 15 is 0 Å². The summed E-state index contributed by atoms with van der Waals surface area (Å²) in [5.41, 5.74) is 7.03. The Bertz CT molecular complexity index is 853. The number of fused-ring (bicyclic) bond motifs is 1. The molecule has 3 rings (SSSR count). The fourth-order valence-corrected chi connectivity index (χ4v) is 3.29. The Balaban J connectivity index is 1.87. The molecular formula is C18H24N4O4. The summed E-state index contributed by atoms with van der Waals surface area (Å²) in [5.74, 6) is -0.688. The predicted molar refractivity (Wildman–Crippen MR) is 97.2 cm³/mol. The standard InChI is InChI=1S/C18H24N4O4/c1-18(2,3)26-17(25)21-8-4-5-12(10-21)22-14-7-6-11(15(23)24)9-13(14)20-16(22)19/h6-7,9,12H,4-5,8,10H2,1-3H3,(H2,19,20)(H,23,24)/t12-/m1/s1. The molecule has 0 bridgehead atoms. The van der Waals surface area contributed by atoms with Crippen molar-refractivity contribution in [1.82, 2.24) is 14.5 Å². The van der Waals surface area contributed by atoms with Crippen LogP contribution in [0.25, 0.3) is 11.0 Å². The lowest BCUT2D eigenvalue weighted by Gasteiger charge is -2.35. The van der Waals surface area contributed by atoms with Crippen LogP contribution in [-0.2, 0) is 4.74 Å². The maximum Gasteiger partial charge on any atom is 0.410 e. The van der Waals surface area contributed by atoms with Gasteiger partial charge in [-0.25, -0.2) is 14.6 Å². The van der Waals surface area contributed by atoms with E-state index in [2.05, 4.69) is 4.98 Å². The summed E-state index contributed by atoms with van der Waals surface area (Å²) in [7, 11) is 0. The molecule has 8 heteroatoms. The van der Waals surface area contributed by atoms with Gasteiger partial charge in [-0.2, -0.15) is 0 Å². The van der Waals surface area contributed by atoms with Crippen molar-refractivity contribution in [3.8, 4) is 0 Å². The van der Waals surface area contributed by atoms with E-state index in [0.717, 1.165) is 18.4 Å². The highest BCUT2D eigenvalue weighted by atomic mass is 16.6. The molecule has 1 aliphatic rings. The van der Waals surface area contributed by atoms with Crippen molar-refractivity contribution in [1.29, 1.82) is 0 Å². The normalized spacial score (nSPS) is 18.1. The molecule has 1 aromatic carbocycles. The molecule has 140 valence electrons. The van der Waals surface area contributed by atoms with E-state index < -0.39 is 11.6 Å². The van der Waals surface area contributed by atoms with Gasteiger partial charge in [0.15, 0.2) is 0 Å². The molecule has 1 amide bonds.